The van der Waals surface area contributed by atoms with Crippen LogP contribution in [0.2, 0.25) is 0 Å². The highest BCUT2D eigenvalue weighted by Crippen LogP contribution is 1.85. The van der Waals surface area contributed by atoms with E-state index in [4.69, 9.17) is 5.21 Å². The van der Waals surface area contributed by atoms with Gasteiger partial charge in [-0.05, 0) is 20.3 Å². The van der Waals surface area contributed by atoms with Crippen molar-refractivity contribution >= 4 is 11.4 Å². The van der Waals surface area contributed by atoms with Crippen LogP contribution in [-0.2, 0) is 0 Å². The van der Waals surface area contributed by atoms with Gasteiger partial charge in [-0.1, -0.05) is 12.1 Å². The second-order valence-corrected chi connectivity index (χ2v) is 2.15. The van der Waals surface area contributed by atoms with E-state index in [1.165, 1.54) is 0 Å². The summed E-state index contributed by atoms with van der Waals surface area (Å²) in [5.74, 6) is 0. The minimum atomic E-state index is 0.591. The number of hydrogen-bond acceptors (Lipinski definition) is 3. The molecule has 0 amide bonds. The lowest BCUT2D eigenvalue weighted by Gasteiger charge is -1.94. The van der Waals surface area contributed by atoms with Crippen molar-refractivity contribution < 1.29 is 5.21 Å². The van der Waals surface area contributed by atoms with Crippen LogP contribution in [0.3, 0.4) is 0 Å². The largest absolute Gasteiger partial charge is 0.411 e. The number of rotatable bonds is 3. The van der Waals surface area contributed by atoms with Crippen LogP contribution in [0.5, 0.6) is 0 Å². The van der Waals surface area contributed by atoms with Crippen LogP contribution in [0.1, 0.15) is 27.2 Å². The van der Waals surface area contributed by atoms with E-state index in [9.17, 15) is 0 Å². The van der Waals surface area contributed by atoms with Gasteiger partial charge in [-0.2, -0.15) is 0 Å². The summed E-state index contributed by atoms with van der Waals surface area (Å²) in [5, 5.41) is 11.3. The molecular weight excluding hydrogens is 128 g/mol. The topological polar surface area (TPSA) is 45.0 Å². The molecular formula is C7H14N2O. The maximum atomic E-state index is 8.31. The van der Waals surface area contributed by atoms with Gasteiger partial charge in [-0.15, -0.1) is 0 Å². The Morgan fingerprint density at radius 3 is 2.30 bits per heavy atom. The summed E-state index contributed by atoms with van der Waals surface area (Å²) in [4.78, 5) is 4.14. The van der Waals surface area contributed by atoms with Crippen molar-refractivity contribution in [2.24, 2.45) is 10.1 Å². The fraction of sp³-hybridized carbons (Fsp3) is 0.714. The third-order valence-corrected chi connectivity index (χ3v) is 1.25. The van der Waals surface area contributed by atoms with Crippen molar-refractivity contribution in [2.75, 3.05) is 6.54 Å². The molecule has 58 valence electrons. The highest BCUT2D eigenvalue weighted by Gasteiger charge is 1.93. The number of hydrogen-bond donors (Lipinski definition) is 1. The summed E-state index contributed by atoms with van der Waals surface area (Å²) in [6.45, 7) is 6.43. The first-order chi connectivity index (χ1) is 4.72. The van der Waals surface area contributed by atoms with E-state index in [0.717, 1.165) is 18.7 Å². The third kappa shape index (κ3) is 3.22. The Bertz CT molecular complexity index is 150. The van der Waals surface area contributed by atoms with Gasteiger partial charge in [0.05, 0.1) is 11.4 Å². The molecule has 0 fully saturated rings. The minimum Gasteiger partial charge on any atom is -0.411 e. The summed E-state index contributed by atoms with van der Waals surface area (Å²) >= 11 is 0. The first-order valence-electron chi connectivity index (χ1n) is 3.42. The maximum absolute atomic E-state index is 8.31. The standard InChI is InChI=1S/C7H14N2O/c1-4-5-8-6(2)7(3)9-10/h10H,4-5H2,1-3H3. The van der Waals surface area contributed by atoms with Crippen LogP contribution < -0.4 is 0 Å². The van der Waals surface area contributed by atoms with E-state index in [1.807, 2.05) is 6.92 Å². The number of oxime groups is 1. The van der Waals surface area contributed by atoms with E-state index >= 15 is 0 Å². The summed E-state index contributed by atoms with van der Waals surface area (Å²) in [6, 6.07) is 0. The lowest BCUT2D eigenvalue weighted by atomic mass is 10.3. The highest BCUT2D eigenvalue weighted by atomic mass is 16.4. The third-order valence-electron chi connectivity index (χ3n) is 1.25. The van der Waals surface area contributed by atoms with Crippen molar-refractivity contribution in [1.82, 2.24) is 0 Å². The predicted octanol–water partition coefficient (Wildman–Crippen LogP) is 1.71. The number of aliphatic imine (C=N–C) groups is 1. The normalized spacial score (nSPS) is 13.9. The van der Waals surface area contributed by atoms with Gasteiger partial charge >= 0.3 is 0 Å². The summed E-state index contributed by atoms with van der Waals surface area (Å²) in [6.07, 6.45) is 1.02. The van der Waals surface area contributed by atoms with E-state index < -0.39 is 0 Å². The maximum Gasteiger partial charge on any atom is 0.0971 e. The predicted molar refractivity (Wildman–Crippen MR) is 43.2 cm³/mol. The molecule has 0 aromatic heterocycles. The molecule has 0 saturated heterocycles. The van der Waals surface area contributed by atoms with E-state index in [2.05, 4.69) is 17.1 Å². The molecule has 10 heavy (non-hydrogen) atoms. The Balaban J connectivity index is 3.93. The Hall–Kier alpha value is -0.860. The van der Waals surface area contributed by atoms with Crippen LogP contribution in [0.15, 0.2) is 10.1 Å². The fourth-order valence-corrected chi connectivity index (χ4v) is 0.466. The van der Waals surface area contributed by atoms with Crippen LogP contribution >= 0.6 is 0 Å². The summed E-state index contributed by atoms with van der Waals surface area (Å²) in [5.41, 5.74) is 1.40. The van der Waals surface area contributed by atoms with Gasteiger partial charge in [-0.25, -0.2) is 0 Å². The average Bonchev–Trinajstić information content (AvgIpc) is 1.98. The molecule has 0 heterocycles. The van der Waals surface area contributed by atoms with Crippen LogP contribution in [0, 0.1) is 0 Å². The minimum absolute atomic E-state index is 0.591. The van der Waals surface area contributed by atoms with Crippen LogP contribution in [0.4, 0.5) is 0 Å². The first-order valence-corrected chi connectivity index (χ1v) is 3.42. The molecule has 0 aliphatic heterocycles. The molecule has 0 aromatic rings. The summed E-state index contributed by atoms with van der Waals surface area (Å²) in [7, 11) is 0. The Labute approximate surface area is 61.5 Å². The molecule has 0 radical (unpaired) electrons. The van der Waals surface area contributed by atoms with Gasteiger partial charge in [0.2, 0.25) is 0 Å². The zero-order valence-electron chi connectivity index (χ0n) is 6.76. The molecule has 0 aliphatic rings. The van der Waals surface area contributed by atoms with Crippen molar-refractivity contribution in [1.29, 1.82) is 0 Å². The number of nitrogens with zero attached hydrogens (tertiary/aromatic N) is 2. The van der Waals surface area contributed by atoms with Crippen molar-refractivity contribution in [3.8, 4) is 0 Å². The monoisotopic (exact) mass is 142 g/mol. The van der Waals surface area contributed by atoms with Gasteiger partial charge in [-0.3, -0.25) is 4.99 Å². The second kappa shape index (κ2) is 4.97. The Morgan fingerprint density at radius 2 is 1.90 bits per heavy atom. The molecule has 3 heteroatoms. The molecule has 1 N–H and O–H groups in total. The van der Waals surface area contributed by atoms with Gasteiger partial charge in [0.25, 0.3) is 0 Å². The van der Waals surface area contributed by atoms with Gasteiger partial charge < -0.3 is 5.21 Å². The lowest BCUT2D eigenvalue weighted by Crippen LogP contribution is -2.05. The highest BCUT2D eigenvalue weighted by molar-refractivity contribution is 6.40. The van der Waals surface area contributed by atoms with Crippen molar-refractivity contribution in [2.45, 2.75) is 27.2 Å². The first kappa shape index (κ1) is 9.14. The van der Waals surface area contributed by atoms with Gasteiger partial charge in [0, 0.05) is 6.54 Å². The van der Waals surface area contributed by atoms with Gasteiger partial charge in [0.1, 0.15) is 0 Å². The van der Waals surface area contributed by atoms with E-state index in [0.29, 0.717) is 5.71 Å². The average molecular weight is 142 g/mol. The van der Waals surface area contributed by atoms with E-state index in [1.54, 1.807) is 6.92 Å². The molecule has 0 spiro atoms. The molecule has 0 aliphatic carbocycles. The molecule has 0 saturated carbocycles. The smallest absolute Gasteiger partial charge is 0.0971 e. The SMILES string of the molecule is CCCN=C(C)C(C)=NO. The Kier molecular flexibility index (Phi) is 4.54. The summed E-state index contributed by atoms with van der Waals surface area (Å²) < 4.78 is 0. The van der Waals surface area contributed by atoms with Crippen LogP contribution in [0.25, 0.3) is 0 Å². The lowest BCUT2D eigenvalue weighted by molar-refractivity contribution is 0.320. The molecule has 3 nitrogen and oxygen atoms in total. The molecule has 0 bridgehead atoms. The van der Waals surface area contributed by atoms with Crippen LogP contribution in [-0.4, -0.2) is 23.2 Å². The molecule has 0 unspecified atom stereocenters. The molecule has 0 rings (SSSR count). The second-order valence-electron chi connectivity index (χ2n) is 2.15. The molecule has 0 atom stereocenters. The zero-order valence-corrected chi connectivity index (χ0v) is 6.76. The van der Waals surface area contributed by atoms with Crippen molar-refractivity contribution in [3.63, 3.8) is 0 Å². The zero-order chi connectivity index (χ0) is 7.98. The Morgan fingerprint density at radius 1 is 1.30 bits per heavy atom. The van der Waals surface area contributed by atoms with Crippen molar-refractivity contribution in [3.05, 3.63) is 0 Å². The van der Waals surface area contributed by atoms with E-state index in [-0.39, 0.29) is 0 Å². The fourth-order valence-electron chi connectivity index (χ4n) is 0.466. The molecule has 0 aromatic carbocycles. The van der Waals surface area contributed by atoms with Gasteiger partial charge in [0.15, 0.2) is 0 Å². The quantitative estimate of drug-likeness (QED) is 0.364.